The number of nitrogens with one attached hydrogen (secondary N) is 2. The first-order valence-electron chi connectivity index (χ1n) is 9.53. The Morgan fingerprint density at radius 3 is 3.11 bits per heavy atom. The monoisotopic (exact) mass is 388 g/mol. The maximum absolute atomic E-state index is 12.5. The second-order valence-electron chi connectivity index (χ2n) is 7.43. The zero-order chi connectivity index (χ0) is 18.8. The van der Waals surface area contributed by atoms with Crippen LogP contribution in [0.25, 0.3) is 0 Å². The molecule has 27 heavy (non-hydrogen) atoms. The molecule has 2 amide bonds. The molecule has 0 radical (unpaired) electrons. The fraction of sp³-hybridized carbons (Fsp3) is 0.500. The van der Waals surface area contributed by atoms with Gasteiger partial charge in [-0.2, -0.15) is 5.10 Å². The largest absolute Gasteiger partial charge is 0.373 e. The molecule has 7 heteroatoms. The minimum atomic E-state index is -0.135. The fourth-order valence-electron chi connectivity index (χ4n) is 4.15. The van der Waals surface area contributed by atoms with Gasteiger partial charge in [-0.3, -0.25) is 4.68 Å². The van der Waals surface area contributed by atoms with Crippen LogP contribution in [0, 0.1) is 5.92 Å². The van der Waals surface area contributed by atoms with Crippen molar-refractivity contribution in [2.75, 3.05) is 13.2 Å². The number of nitrogens with zero attached hydrogens (tertiary/aromatic N) is 2. The molecule has 1 aliphatic heterocycles. The van der Waals surface area contributed by atoms with Crippen molar-refractivity contribution in [2.24, 2.45) is 13.0 Å². The van der Waals surface area contributed by atoms with E-state index in [0.717, 1.165) is 36.8 Å². The molecule has 1 aromatic heterocycles. The predicted octanol–water partition coefficient (Wildman–Crippen LogP) is 3.53. The molecule has 2 aliphatic rings. The fourth-order valence-corrected chi connectivity index (χ4v) is 4.33. The van der Waals surface area contributed by atoms with E-state index in [2.05, 4.69) is 21.8 Å². The van der Waals surface area contributed by atoms with Gasteiger partial charge in [0.1, 0.15) is 0 Å². The third kappa shape index (κ3) is 4.12. The molecule has 4 rings (SSSR count). The average Bonchev–Trinajstić information content (AvgIpc) is 3.29. The van der Waals surface area contributed by atoms with E-state index >= 15 is 0 Å². The molecule has 0 saturated carbocycles. The molecular formula is C20H25ClN4O2. The summed E-state index contributed by atoms with van der Waals surface area (Å²) < 4.78 is 7.64. The highest BCUT2D eigenvalue weighted by atomic mass is 35.5. The third-order valence-electron chi connectivity index (χ3n) is 5.52. The average molecular weight is 389 g/mol. The van der Waals surface area contributed by atoms with Gasteiger partial charge >= 0.3 is 6.03 Å². The number of carbonyl (C=O) groups excluding carboxylic acids is 1. The number of amides is 2. The number of aromatic nitrogens is 2. The van der Waals surface area contributed by atoms with E-state index in [0.29, 0.717) is 18.2 Å². The van der Waals surface area contributed by atoms with Crippen molar-refractivity contribution in [3.05, 3.63) is 52.3 Å². The molecule has 1 fully saturated rings. The number of benzene rings is 1. The van der Waals surface area contributed by atoms with E-state index in [1.165, 1.54) is 5.56 Å². The summed E-state index contributed by atoms with van der Waals surface area (Å²) in [7, 11) is 1.90. The van der Waals surface area contributed by atoms with Gasteiger partial charge in [0.2, 0.25) is 0 Å². The van der Waals surface area contributed by atoms with Crippen molar-refractivity contribution >= 4 is 17.6 Å². The first kappa shape index (κ1) is 18.3. The molecule has 2 heterocycles. The highest BCUT2D eigenvalue weighted by Gasteiger charge is 2.31. The zero-order valence-electron chi connectivity index (χ0n) is 15.5. The van der Waals surface area contributed by atoms with E-state index in [1.54, 1.807) is 4.68 Å². The number of hydrogen-bond donors (Lipinski definition) is 2. The number of rotatable bonds is 4. The molecule has 0 bridgehead atoms. The Morgan fingerprint density at radius 2 is 2.30 bits per heavy atom. The molecule has 0 spiro atoms. The van der Waals surface area contributed by atoms with E-state index in [-0.39, 0.29) is 24.1 Å². The second-order valence-corrected chi connectivity index (χ2v) is 7.87. The Bertz CT molecular complexity index is 822. The molecule has 3 atom stereocenters. The summed E-state index contributed by atoms with van der Waals surface area (Å²) in [5, 5.41) is 11.1. The minimum absolute atomic E-state index is 0.00628. The maximum Gasteiger partial charge on any atom is 0.315 e. The van der Waals surface area contributed by atoms with Crippen molar-refractivity contribution in [3.63, 3.8) is 0 Å². The van der Waals surface area contributed by atoms with Crippen LogP contribution in [0.2, 0.25) is 5.02 Å². The van der Waals surface area contributed by atoms with Crippen LogP contribution in [0.4, 0.5) is 4.79 Å². The highest BCUT2D eigenvalue weighted by molar-refractivity contribution is 6.30. The molecule has 2 aromatic rings. The molecule has 6 nitrogen and oxygen atoms in total. The normalized spacial score (nSPS) is 24.4. The second kappa shape index (κ2) is 7.90. The van der Waals surface area contributed by atoms with Gasteiger partial charge in [-0.1, -0.05) is 17.7 Å². The van der Waals surface area contributed by atoms with E-state index in [1.807, 2.05) is 31.6 Å². The van der Waals surface area contributed by atoms with Crippen LogP contribution < -0.4 is 10.6 Å². The van der Waals surface area contributed by atoms with Gasteiger partial charge in [0, 0.05) is 42.9 Å². The predicted molar refractivity (Wildman–Crippen MR) is 104 cm³/mol. The summed E-state index contributed by atoms with van der Waals surface area (Å²) in [4.78, 5) is 12.5. The Hall–Kier alpha value is -2.05. The Labute approximate surface area is 164 Å². The minimum Gasteiger partial charge on any atom is -0.373 e. The smallest absolute Gasteiger partial charge is 0.315 e. The van der Waals surface area contributed by atoms with Gasteiger partial charge in [-0.15, -0.1) is 0 Å². The first-order valence-corrected chi connectivity index (χ1v) is 9.91. The van der Waals surface area contributed by atoms with Crippen LogP contribution in [0.1, 0.15) is 48.1 Å². The van der Waals surface area contributed by atoms with Crippen LogP contribution in [0.3, 0.4) is 0 Å². The highest BCUT2D eigenvalue weighted by Crippen LogP contribution is 2.34. The summed E-state index contributed by atoms with van der Waals surface area (Å²) in [6, 6.07) is 5.84. The molecule has 1 aliphatic carbocycles. The van der Waals surface area contributed by atoms with Crippen molar-refractivity contribution < 1.29 is 9.53 Å². The lowest BCUT2D eigenvalue weighted by molar-refractivity contribution is 0.0909. The number of aryl methyl sites for hydroxylation is 2. The van der Waals surface area contributed by atoms with Crippen LogP contribution in [-0.4, -0.2) is 29.0 Å². The lowest BCUT2D eigenvalue weighted by atomic mass is 9.88. The summed E-state index contributed by atoms with van der Waals surface area (Å²) in [6.07, 6.45) is 7.79. The van der Waals surface area contributed by atoms with Gasteiger partial charge in [-0.05, 0) is 48.9 Å². The number of hydrogen-bond acceptors (Lipinski definition) is 3. The summed E-state index contributed by atoms with van der Waals surface area (Å²) in [5.74, 6) is 0.257. The summed E-state index contributed by atoms with van der Waals surface area (Å²) in [6.45, 7) is 1.29. The van der Waals surface area contributed by atoms with Crippen molar-refractivity contribution in [1.82, 2.24) is 20.4 Å². The van der Waals surface area contributed by atoms with Gasteiger partial charge < -0.3 is 15.4 Å². The van der Waals surface area contributed by atoms with Gasteiger partial charge in [0.05, 0.1) is 18.3 Å². The van der Waals surface area contributed by atoms with Crippen molar-refractivity contribution in [2.45, 2.75) is 37.8 Å². The van der Waals surface area contributed by atoms with Crippen molar-refractivity contribution in [1.29, 1.82) is 0 Å². The summed E-state index contributed by atoms with van der Waals surface area (Å²) in [5.41, 5.74) is 3.48. The summed E-state index contributed by atoms with van der Waals surface area (Å²) >= 11 is 6.15. The number of carbonyl (C=O) groups is 1. The quantitative estimate of drug-likeness (QED) is 0.841. The van der Waals surface area contributed by atoms with E-state index in [4.69, 9.17) is 16.3 Å². The molecule has 144 valence electrons. The van der Waals surface area contributed by atoms with Gasteiger partial charge in [-0.25, -0.2) is 4.79 Å². The zero-order valence-corrected chi connectivity index (χ0v) is 16.2. The lowest BCUT2D eigenvalue weighted by Crippen LogP contribution is -2.41. The molecule has 1 aromatic carbocycles. The Kier molecular flexibility index (Phi) is 5.36. The SMILES string of the molecule is Cn1cc([C@@H]2OCC[C@H]2CNC(=O)N[C@@H]2CCCc3ccc(Cl)cc32)cn1. The van der Waals surface area contributed by atoms with Crippen LogP contribution >= 0.6 is 11.6 Å². The Morgan fingerprint density at radius 1 is 1.41 bits per heavy atom. The molecular weight excluding hydrogens is 364 g/mol. The first-order chi connectivity index (χ1) is 13.1. The van der Waals surface area contributed by atoms with E-state index in [9.17, 15) is 4.79 Å². The van der Waals surface area contributed by atoms with Crippen LogP contribution in [-0.2, 0) is 18.2 Å². The molecule has 2 N–H and O–H groups in total. The number of urea groups is 1. The van der Waals surface area contributed by atoms with Gasteiger partial charge in [0.25, 0.3) is 0 Å². The lowest BCUT2D eigenvalue weighted by Gasteiger charge is -2.27. The number of ether oxygens (including phenoxy) is 1. The topological polar surface area (TPSA) is 68.2 Å². The molecule has 0 unspecified atom stereocenters. The molecule has 1 saturated heterocycles. The van der Waals surface area contributed by atoms with E-state index < -0.39 is 0 Å². The number of fused-ring (bicyclic) bond motifs is 1. The number of halogens is 1. The van der Waals surface area contributed by atoms with Crippen molar-refractivity contribution in [3.8, 4) is 0 Å². The van der Waals surface area contributed by atoms with Crippen LogP contribution in [0.15, 0.2) is 30.6 Å². The standard InChI is InChI=1S/C20H25ClN4O2/c1-25-12-15(11-23-25)19-14(7-8-27-19)10-22-20(26)24-18-4-2-3-13-5-6-16(21)9-17(13)18/h5-6,9,11-12,14,18-19H,2-4,7-8,10H2,1H3,(H2,22,24,26)/t14-,18+,19+/m0/s1. The van der Waals surface area contributed by atoms with Crippen LogP contribution in [0.5, 0.6) is 0 Å². The maximum atomic E-state index is 12.5. The third-order valence-corrected chi connectivity index (χ3v) is 5.76. The Balaban J connectivity index is 1.35. The van der Waals surface area contributed by atoms with Gasteiger partial charge in [0.15, 0.2) is 0 Å².